The molecule has 26 heavy (non-hydrogen) atoms. The van der Waals surface area contributed by atoms with E-state index in [1.54, 1.807) is 25.1 Å². The quantitative estimate of drug-likeness (QED) is 0.647. The summed E-state index contributed by atoms with van der Waals surface area (Å²) in [4.78, 5) is 24.1. The number of nitrogens with one attached hydrogen (secondary N) is 2. The predicted molar refractivity (Wildman–Crippen MR) is 93.2 cm³/mol. The maximum atomic E-state index is 13.5. The lowest BCUT2D eigenvalue weighted by Gasteiger charge is -2.10. The third-order valence-corrected chi connectivity index (χ3v) is 3.95. The van der Waals surface area contributed by atoms with Crippen molar-refractivity contribution in [1.82, 2.24) is 5.32 Å². The fraction of sp³-hybridized carbons (Fsp3) is 0.0526. The number of halogens is 2. The highest BCUT2D eigenvalue weighted by Gasteiger charge is 2.15. The number of para-hydroxylation sites is 1. The van der Waals surface area contributed by atoms with Crippen molar-refractivity contribution in [2.75, 3.05) is 5.32 Å². The van der Waals surface area contributed by atoms with Gasteiger partial charge in [0.25, 0.3) is 5.91 Å². The molecule has 0 saturated carbocycles. The van der Waals surface area contributed by atoms with Gasteiger partial charge in [-0.05, 0) is 53.6 Å². The first-order chi connectivity index (χ1) is 12.4. The highest BCUT2D eigenvalue weighted by atomic mass is 19.1. The van der Waals surface area contributed by atoms with E-state index in [9.17, 15) is 23.5 Å². The average Bonchev–Trinajstić information content (AvgIpc) is 2.61. The Morgan fingerprint density at radius 2 is 1.69 bits per heavy atom. The van der Waals surface area contributed by atoms with Crippen LogP contribution in [0.4, 0.5) is 19.3 Å². The first-order valence-electron chi connectivity index (χ1n) is 7.65. The lowest BCUT2D eigenvalue weighted by atomic mass is 10.0. The van der Waals surface area contributed by atoms with E-state index in [2.05, 4.69) is 0 Å². The van der Waals surface area contributed by atoms with E-state index in [1.807, 2.05) is 10.6 Å². The normalized spacial score (nSPS) is 10.6. The van der Waals surface area contributed by atoms with Gasteiger partial charge in [0.05, 0.1) is 0 Å². The molecule has 132 valence electrons. The number of aryl methyl sites for hydroxylation is 1. The van der Waals surface area contributed by atoms with Crippen LogP contribution in [0.3, 0.4) is 0 Å². The van der Waals surface area contributed by atoms with E-state index >= 15 is 0 Å². The van der Waals surface area contributed by atoms with Crippen LogP contribution < -0.4 is 10.6 Å². The molecular formula is C19H14F2N2O3. The van der Waals surface area contributed by atoms with Crippen molar-refractivity contribution >= 4 is 28.4 Å². The van der Waals surface area contributed by atoms with Crippen molar-refractivity contribution in [2.45, 2.75) is 6.92 Å². The van der Waals surface area contributed by atoms with Gasteiger partial charge in [0, 0.05) is 5.56 Å². The average molecular weight is 356 g/mol. The van der Waals surface area contributed by atoms with Crippen molar-refractivity contribution in [3.63, 3.8) is 0 Å². The monoisotopic (exact) mass is 356 g/mol. The van der Waals surface area contributed by atoms with E-state index in [0.717, 1.165) is 23.6 Å². The number of rotatable bonds is 2. The highest BCUT2D eigenvalue weighted by Crippen LogP contribution is 2.27. The lowest BCUT2D eigenvalue weighted by Crippen LogP contribution is -2.34. The fourth-order valence-corrected chi connectivity index (χ4v) is 2.55. The Kier molecular flexibility index (Phi) is 4.53. The summed E-state index contributed by atoms with van der Waals surface area (Å²) in [5.74, 6) is -2.49. The standard InChI is InChI=1S/C19H14F2N2O3/c1-10-13-7-5-12(9-11(13)6-8-16(10)24)18(25)23-19(26)22-17-14(20)3-2-4-15(17)21/h2-9,24H,1H3,(H2,22,23,25,26). The van der Waals surface area contributed by atoms with Gasteiger partial charge in [-0.25, -0.2) is 13.6 Å². The molecular weight excluding hydrogens is 342 g/mol. The summed E-state index contributed by atoms with van der Waals surface area (Å²) in [7, 11) is 0. The molecule has 3 aromatic rings. The second kappa shape index (κ2) is 6.79. The fourth-order valence-electron chi connectivity index (χ4n) is 2.55. The van der Waals surface area contributed by atoms with Gasteiger partial charge in [-0.15, -0.1) is 0 Å². The molecule has 3 rings (SSSR count). The van der Waals surface area contributed by atoms with Crippen LogP contribution in [-0.4, -0.2) is 17.0 Å². The third kappa shape index (κ3) is 3.32. The third-order valence-electron chi connectivity index (χ3n) is 3.95. The van der Waals surface area contributed by atoms with Gasteiger partial charge in [0.2, 0.25) is 0 Å². The number of carbonyl (C=O) groups is 2. The van der Waals surface area contributed by atoms with E-state index in [1.165, 1.54) is 12.1 Å². The number of carbonyl (C=O) groups excluding carboxylic acids is 2. The molecule has 0 bridgehead atoms. The number of benzene rings is 3. The van der Waals surface area contributed by atoms with Crippen LogP contribution in [-0.2, 0) is 0 Å². The summed E-state index contributed by atoms with van der Waals surface area (Å²) in [6.07, 6.45) is 0. The van der Waals surface area contributed by atoms with Crippen molar-refractivity contribution in [2.24, 2.45) is 0 Å². The Hall–Kier alpha value is -3.48. The van der Waals surface area contributed by atoms with E-state index in [4.69, 9.17) is 0 Å². The summed E-state index contributed by atoms with van der Waals surface area (Å²) in [5, 5.41) is 15.2. The Bertz CT molecular complexity index is 1010. The largest absolute Gasteiger partial charge is 0.508 e. The zero-order chi connectivity index (χ0) is 18.8. The molecule has 5 nitrogen and oxygen atoms in total. The summed E-state index contributed by atoms with van der Waals surface area (Å²) < 4.78 is 27.1. The van der Waals surface area contributed by atoms with Crippen LogP contribution in [0.2, 0.25) is 0 Å². The number of phenolic OH excluding ortho intramolecular Hbond substituents is 1. The zero-order valence-electron chi connectivity index (χ0n) is 13.6. The molecule has 7 heteroatoms. The number of fused-ring (bicyclic) bond motifs is 1. The molecule has 0 aliphatic carbocycles. The number of imide groups is 1. The van der Waals surface area contributed by atoms with Gasteiger partial charge in [-0.1, -0.05) is 18.2 Å². The molecule has 0 aliphatic heterocycles. The number of aromatic hydroxyl groups is 1. The Morgan fingerprint density at radius 3 is 2.38 bits per heavy atom. The highest BCUT2D eigenvalue weighted by molar-refractivity contribution is 6.09. The van der Waals surface area contributed by atoms with Gasteiger partial charge in [0.1, 0.15) is 23.1 Å². The molecule has 3 N–H and O–H groups in total. The summed E-state index contributed by atoms with van der Waals surface area (Å²) in [6, 6.07) is 9.91. The van der Waals surface area contributed by atoms with Crippen LogP contribution in [0.5, 0.6) is 5.75 Å². The molecule has 0 radical (unpaired) electrons. The minimum absolute atomic E-state index is 0.140. The molecule has 0 saturated heterocycles. The minimum atomic E-state index is -1.05. The van der Waals surface area contributed by atoms with E-state index < -0.39 is 29.3 Å². The second-order valence-corrected chi connectivity index (χ2v) is 5.65. The van der Waals surface area contributed by atoms with Gasteiger partial charge < -0.3 is 10.4 Å². The van der Waals surface area contributed by atoms with Gasteiger partial charge in [-0.2, -0.15) is 0 Å². The molecule has 0 spiro atoms. The van der Waals surface area contributed by atoms with Crippen molar-refractivity contribution < 1.29 is 23.5 Å². The molecule has 3 amide bonds. The molecule has 0 aliphatic rings. The zero-order valence-corrected chi connectivity index (χ0v) is 13.6. The number of hydrogen-bond donors (Lipinski definition) is 3. The predicted octanol–water partition coefficient (Wildman–Crippen LogP) is 4.09. The molecule has 0 unspecified atom stereocenters. The van der Waals surface area contributed by atoms with Crippen LogP contribution in [0.15, 0.2) is 48.5 Å². The molecule has 0 heterocycles. The topological polar surface area (TPSA) is 78.4 Å². The summed E-state index contributed by atoms with van der Waals surface area (Å²) in [5.41, 5.74) is 0.219. The van der Waals surface area contributed by atoms with Gasteiger partial charge >= 0.3 is 6.03 Å². The van der Waals surface area contributed by atoms with Gasteiger partial charge in [0.15, 0.2) is 0 Å². The van der Waals surface area contributed by atoms with Crippen molar-refractivity contribution in [1.29, 1.82) is 0 Å². The van der Waals surface area contributed by atoms with E-state index in [-0.39, 0.29) is 11.3 Å². The maximum Gasteiger partial charge on any atom is 0.326 e. The number of amides is 3. The Balaban J connectivity index is 1.78. The number of hydrogen-bond acceptors (Lipinski definition) is 3. The molecule has 3 aromatic carbocycles. The maximum absolute atomic E-state index is 13.5. The van der Waals surface area contributed by atoms with Crippen molar-refractivity contribution in [3.05, 3.63) is 71.3 Å². The van der Waals surface area contributed by atoms with Gasteiger partial charge in [-0.3, -0.25) is 10.1 Å². The number of anilines is 1. The Labute approximate surface area is 147 Å². The SMILES string of the molecule is Cc1c(O)ccc2cc(C(=O)NC(=O)Nc3c(F)cccc3F)ccc12. The number of urea groups is 1. The van der Waals surface area contributed by atoms with Crippen LogP contribution >= 0.6 is 0 Å². The molecule has 0 aromatic heterocycles. The smallest absolute Gasteiger partial charge is 0.326 e. The summed E-state index contributed by atoms with van der Waals surface area (Å²) >= 11 is 0. The summed E-state index contributed by atoms with van der Waals surface area (Å²) in [6.45, 7) is 1.74. The van der Waals surface area contributed by atoms with Crippen LogP contribution in [0.1, 0.15) is 15.9 Å². The van der Waals surface area contributed by atoms with Crippen LogP contribution in [0, 0.1) is 18.6 Å². The number of phenols is 1. The minimum Gasteiger partial charge on any atom is -0.508 e. The molecule has 0 fully saturated rings. The lowest BCUT2D eigenvalue weighted by molar-refractivity contribution is 0.0967. The first-order valence-corrected chi connectivity index (χ1v) is 7.65. The van der Waals surface area contributed by atoms with Crippen LogP contribution in [0.25, 0.3) is 10.8 Å². The van der Waals surface area contributed by atoms with E-state index in [0.29, 0.717) is 10.9 Å². The van der Waals surface area contributed by atoms with Crippen molar-refractivity contribution in [3.8, 4) is 5.75 Å². The Morgan fingerprint density at radius 1 is 1.00 bits per heavy atom. The first kappa shape index (κ1) is 17.3. The second-order valence-electron chi connectivity index (χ2n) is 5.65. The molecule has 0 atom stereocenters.